The molecule has 0 amide bonds. The Kier molecular flexibility index (Phi) is 6.52. The maximum Gasteiger partial charge on any atom is 0.283 e. The highest BCUT2D eigenvalue weighted by Gasteiger charge is 2.24. The predicted octanol–water partition coefficient (Wildman–Crippen LogP) is 0.577. The molecule has 2 aliphatic rings. The summed E-state index contributed by atoms with van der Waals surface area (Å²) in [6.07, 6.45) is 0. The normalized spacial score (nSPS) is 21.6. The summed E-state index contributed by atoms with van der Waals surface area (Å²) in [7, 11) is 0.510. The number of piperazine rings is 2. The number of sulfonamides is 1. The summed E-state index contributed by atoms with van der Waals surface area (Å²) in [6, 6.07) is 6.92. The van der Waals surface area contributed by atoms with Gasteiger partial charge in [0, 0.05) is 52.4 Å². The Bertz CT molecular complexity index is 747. The van der Waals surface area contributed by atoms with Gasteiger partial charge in [0.15, 0.2) is 0 Å². The summed E-state index contributed by atoms with van der Waals surface area (Å²) in [6.45, 7) is 9.88. The fourth-order valence-corrected chi connectivity index (χ4v) is 4.39. The van der Waals surface area contributed by atoms with Crippen molar-refractivity contribution in [3.05, 3.63) is 29.8 Å². The lowest BCUT2D eigenvalue weighted by Crippen LogP contribution is -2.53. The Morgan fingerprint density at radius 3 is 1.96 bits per heavy atom. The molecular formula is C19H31N5O2S. The number of hydrogen-bond acceptors (Lipinski definition) is 5. The molecule has 1 aromatic rings. The molecule has 1 aromatic carbocycles. The monoisotopic (exact) mass is 393 g/mol. The third-order valence-electron chi connectivity index (χ3n) is 5.37. The van der Waals surface area contributed by atoms with Crippen LogP contribution in [0.15, 0.2) is 33.6 Å². The first-order chi connectivity index (χ1) is 12.8. The summed E-state index contributed by atoms with van der Waals surface area (Å²) >= 11 is 0. The van der Waals surface area contributed by atoms with Crippen LogP contribution in [-0.2, 0) is 10.0 Å². The van der Waals surface area contributed by atoms with Gasteiger partial charge in [-0.1, -0.05) is 17.7 Å². The highest BCUT2D eigenvalue weighted by molar-refractivity contribution is 7.90. The van der Waals surface area contributed by atoms with E-state index < -0.39 is 10.0 Å². The minimum Gasteiger partial charge on any atom is -0.356 e. The van der Waals surface area contributed by atoms with Crippen LogP contribution in [0.5, 0.6) is 0 Å². The van der Waals surface area contributed by atoms with Crippen LogP contribution < -0.4 is 0 Å². The van der Waals surface area contributed by atoms with E-state index in [4.69, 9.17) is 0 Å². The van der Waals surface area contributed by atoms with Crippen LogP contribution in [0.25, 0.3) is 0 Å². The number of nitrogens with zero attached hydrogens (tertiary/aromatic N) is 5. The van der Waals surface area contributed by atoms with Crippen molar-refractivity contribution in [2.75, 3.05) is 73.0 Å². The van der Waals surface area contributed by atoms with E-state index in [0.29, 0.717) is 12.4 Å². The van der Waals surface area contributed by atoms with Crippen LogP contribution in [0.4, 0.5) is 0 Å². The van der Waals surface area contributed by atoms with Gasteiger partial charge in [-0.15, -0.1) is 4.40 Å². The van der Waals surface area contributed by atoms with Gasteiger partial charge < -0.3 is 14.7 Å². The van der Waals surface area contributed by atoms with Gasteiger partial charge in [0.25, 0.3) is 10.0 Å². The topological polar surface area (TPSA) is 59.5 Å². The number of rotatable bonds is 4. The van der Waals surface area contributed by atoms with Gasteiger partial charge >= 0.3 is 0 Å². The van der Waals surface area contributed by atoms with Crippen LogP contribution in [0.1, 0.15) is 5.56 Å². The lowest BCUT2D eigenvalue weighted by Gasteiger charge is -2.38. The Morgan fingerprint density at radius 1 is 0.889 bits per heavy atom. The van der Waals surface area contributed by atoms with E-state index in [0.717, 1.165) is 57.9 Å². The number of amidine groups is 1. The van der Waals surface area contributed by atoms with Gasteiger partial charge in [0.1, 0.15) is 5.84 Å². The van der Waals surface area contributed by atoms with E-state index in [1.54, 1.807) is 12.1 Å². The Hall–Kier alpha value is -1.48. The third kappa shape index (κ3) is 5.51. The van der Waals surface area contributed by atoms with Gasteiger partial charge in [-0.2, -0.15) is 8.42 Å². The zero-order valence-corrected chi connectivity index (χ0v) is 17.5. The quantitative estimate of drug-likeness (QED) is 0.551. The summed E-state index contributed by atoms with van der Waals surface area (Å²) in [5, 5.41) is 0. The zero-order chi connectivity index (χ0) is 19.4. The minimum atomic E-state index is -3.71. The standard InChI is InChI=1S/C19H31N5O2S/c1-17-4-6-18(7-5-17)27(25,26)20-19(24-14-10-22(3)11-15-24)16-23-12-8-21(2)9-13-23/h4-7H,8-16H2,1-3H3/b20-19-. The first-order valence-corrected chi connectivity index (χ1v) is 11.0. The van der Waals surface area contributed by atoms with Crippen LogP contribution in [0.2, 0.25) is 0 Å². The molecule has 0 radical (unpaired) electrons. The fourth-order valence-electron chi connectivity index (χ4n) is 3.36. The molecule has 0 unspecified atom stereocenters. The molecule has 2 heterocycles. The molecule has 2 saturated heterocycles. The summed E-state index contributed by atoms with van der Waals surface area (Å²) in [5.41, 5.74) is 1.04. The largest absolute Gasteiger partial charge is 0.356 e. The maximum atomic E-state index is 12.9. The van der Waals surface area contributed by atoms with Crippen molar-refractivity contribution in [1.82, 2.24) is 19.6 Å². The molecule has 8 heteroatoms. The molecule has 27 heavy (non-hydrogen) atoms. The molecule has 150 valence electrons. The van der Waals surface area contributed by atoms with E-state index in [2.05, 4.69) is 38.1 Å². The molecule has 0 bridgehead atoms. The van der Waals surface area contributed by atoms with Crippen LogP contribution in [0.3, 0.4) is 0 Å². The van der Waals surface area contributed by atoms with Crippen LogP contribution in [-0.4, -0.2) is 107 Å². The van der Waals surface area contributed by atoms with Gasteiger partial charge in [-0.25, -0.2) is 0 Å². The zero-order valence-electron chi connectivity index (χ0n) is 16.6. The van der Waals surface area contributed by atoms with Crippen molar-refractivity contribution in [2.24, 2.45) is 4.40 Å². The smallest absolute Gasteiger partial charge is 0.283 e. The van der Waals surface area contributed by atoms with Gasteiger partial charge in [0.2, 0.25) is 0 Å². The number of likely N-dealkylation sites (N-methyl/N-ethyl adjacent to an activating group) is 2. The van der Waals surface area contributed by atoms with Gasteiger partial charge in [-0.3, -0.25) is 4.90 Å². The average Bonchev–Trinajstić information content (AvgIpc) is 2.64. The summed E-state index contributed by atoms with van der Waals surface area (Å²) in [5.74, 6) is 0.674. The molecule has 0 aromatic heterocycles. The van der Waals surface area contributed by atoms with E-state index in [1.165, 1.54) is 0 Å². The van der Waals surface area contributed by atoms with E-state index >= 15 is 0 Å². The molecule has 0 atom stereocenters. The van der Waals surface area contributed by atoms with E-state index in [9.17, 15) is 8.42 Å². The van der Waals surface area contributed by atoms with Crippen molar-refractivity contribution in [2.45, 2.75) is 11.8 Å². The Morgan fingerprint density at radius 2 is 1.41 bits per heavy atom. The Labute approximate surface area is 163 Å². The summed E-state index contributed by atoms with van der Waals surface area (Å²) < 4.78 is 30.1. The lowest BCUT2D eigenvalue weighted by molar-refractivity contribution is 0.161. The fraction of sp³-hybridized carbons (Fsp3) is 0.632. The number of aryl methyl sites for hydroxylation is 1. The van der Waals surface area contributed by atoms with E-state index in [-0.39, 0.29) is 4.90 Å². The van der Waals surface area contributed by atoms with Gasteiger partial charge in [0.05, 0.1) is 11.4 Å². The second-order valence-electron chi connectivity index (χ2n) is 7.67. The van der Waals surface area contributed by atoms with Crippen LogP contribution >= 0.6 is 0 Å². The first-order valence-electron chi connectivity index (χ1n) is 9.58. The molecular weight excluding hydrogens is 362 g/mol. The van der Waals surface area contributed by atoms with Crippen molar-refractivity contribution in [3.8, 4) is 0 Å². The third-order valence-corrected chi connectivity index (χ3v) is 6.69. The highest BCUT2D eigenvalue weighted by Crippen LogP contribution is 2.15. The molecule has 2 aliphatic heterocycles. The van der Waals surface area contributed by atoms with Gasteiger partial charge in [-0.05, 0) is 33.2 Å². The SMILES string of the molecule is Cc1ccc(S(=O)(=O)/N=C(/CN2CCN(C)CC2)N2CCN(C)CC2)cc1. The van der Waals surface area contributed by atoms with E-state index in [1.807, 2.05) is 19.1 Å². The highest BCUT2D eigenvalue weighted by atomic mass is 32.2. The molecule has 0 N–H and O–H groups in total. The lowest BCUT2D eigenvalue weighted by atomic mass is 10.2. The summed E-state index contributed by atoms with van der Waals surface area (Å²) in [4.78, 5) is 9.27. The first kappa shape index (κ1) is 20.3. The predicted molar refractivity (Wildman–Crippen MR) is 109 cm³/mol. The van der Waals surface area contributed by atoms with Crippen molar-refractivity contribution in [3.63, 3.8) is 0 Å². The van der Waals surface area contributed by atoms with Crippen molar-refractivity contribution >= 4 is 15.9 Å². The molecule has 3 rings (SSSR count). The molecule has 0 spiro atoms. The minimum absolute atomic E-state index is 0.262. The molecule has 7 nitrogen and oxygen atoms in total. The Balaban J connectivity index is 1.83. The molecule has 0 aliphatic carbocycles. The second-order valence-corrected chi connectivity index (χ2v) is 9.27. The molecule has 0 saturated carbocycles. The number of benzene rings is 1. The second kappa shape index (κ2) is 8.68. The number of hydrogen-bond donors (Lipinski definition) is 0. The molecule has 2 fully saturated rings. The van der Waals surface area contributed by atoms with Crippen molar-refractivity contribution in [1.29, 1.82) is 0 Å². The maximum absolute atomic E-state index is 12.9. The van der Waals surface area contributed by atoms with Crippen LogP contribution in [0, 0.1) is 6.92 Å². The van der Waals surface area contributed by atoms with Crippen molar-refractivity contribution < 1.29 is 8.42 Å². The average molecular weight is 394 g/mol.